The smallest absolute Gasteiger partial charge is 0.404 e. The number of carbonyl (C=O) groups excluding carboxylic acids is 1. The van der Waals surface area contributed by atoms with Crippen molar-refractivity contribution in [2.24, 2.45) is 5.73 Å². The lowest BCUT2D eigenvalue weighted by molar-refractivity contribution is 0.118. The molecule has 0 aromatic carbocycles. The molecule has 1 amide bonds. The molecule has 0 aromatic heterocycles. The van der Waals surface area contributed by atoms with Crippen molar-refractivity contribution in [3.8, 4) is 0 Å². The second-order valence-corrected chi connectivity index (χ2v) is 3.99. The number of halogens is 3. The predicted octanol–water partition coefficient (Wildman–Crippen LogP) is 1.84. The minimum absolute atomic E-state index is 0.838. The minimum Gasteiger partial charge on any atom is -0.442 e. The zero-order chi connectivity index (χ0) is 8.36. The van der Waals surface area contributed by atoms with Crippen LogP contribution in [0.4, 0.5) is 4.79 Å². The van der Waals surface area contributed by atoms with Gasteiger partial charge >= 0.3 is 6.09 Å². The molecule has 6 heteroatoms. The van der Waals surface area contributed by atoms with E-state index in [1.165, 1.54) is 6.92 Å². The van der Waals surface area contributed by atoms with Crippen molar-refractivity contribution in [1.29, 1.82) is 0 Å². The maximum Gasteiger partial charge on any atom is 0.404 e. The van der Waals surface area contributed by atoms with Crippen LogP contribution in [-0.2, 0) is 4.74 Å². The Morgan fingerprint density at radius 3 is 2.10 bits per heavy atom. The van der Waals surface area contributed by atoms with Gasteiger partial charge in [0.2, 0.25) is 3.79 Å². The van der Waals surface area contributed by atoms with Gasteiger partial charge in [-0.05, 0) is 6.92 Å². The predicted molar refractivity (Wildman–Crippen MR) is 40.4 cm³/mol. The summed E-state index contributed by atoms with van der Waals surface area (Å²) < 4.78 is 2.74. The zero-order valence-electron chi connectivity index (χ0n) is 5.11. The molecule has 0 spiro atoms. The highest BCUT2D eigenvalue weighted by atomic mass is 35.6. The van der Waals surface area contributed by atoms with Crippen LogP contribution >= 0.6 is 34.8 Å². The van der Waals surface area contributed by atoms with Crippen LogP contribution in [0.3, 0.4) is 0 Å². The van der Waals surface area contributed by atoms with Crippen molar-refractivity contribution in [3.05, 3.63) is 0 Å². The van der Waals surface area contributed by atoms with E-state index in [-0.39, 0.29) is 0 Å². The molecule has 2 N–H and O–H groups in total. The van der Waals surface area contributed by atoms with Gasteiger partial charge in [0.1, 0.15) is 6.10 Å². The average molecular weight is 206 g/mol. The van der Waals surface area contributed by atoms with E-state index < -0.39 is 16.0 Å². The summed E-state index contributed by atoms with van der Waals surface area (Å²) in [5.41, 5.74) is 4.65. The highest BCUT2D eigenvalue weighted by Crippen LogP contribution is 2.31. The number of alkyl halides is 3. The van der Waals surface area contributed by atoms with Gasteiger partial charge in [0.25, 0.3) is 0 Å². The van der Waals surface area contributed by atoms with E-state index in [0.29, 0.717) is 0 Å². The number of carbonyl (C=O) groups is 1. The summed E-state index contributed by atoms with van der Waals surface area (Å²) in [6.45, 7) is 1.43. The van der Waals surface area contributed by atoms with Crippen LogP contribution < -0.4 is 5.73 Å². The molecule has 3 nitrogen and oxygen atoms in total. The van der Waals surface area contributed by atoms with Crippen molar-refractivity contribution in [2.45, 2.75) is 16.8 Å². The lowest BCUT2D eigenvalue weighted by atomic mass is 10.5. The van der Waals surface area contributed by atoms with Gasteiger partial charge in [-0.2, -0.15) is 0 Å². The molecule has 60 valence electrons. The Kier molecular flexibility index (Phi) is 3.56. The van der Waals surface area contributed by atoms with Gasteiger partial charge in [-0.15, -0.1) is 0 Å². The topological polar surface area (TPSA) is 52.3 Å². The van der Waals surface area contributed by atoms with Crippen LogP contribution in [0.5, 0.6) is 0 Å². The van der Waals surface area contributed by atoms with E-state index in [4.69, 9.17) is 34.8 Å². The van der Waals surface area contributed by atoms with Gasteiger partial charge in [-0.3, -0.25) is 0 Å². The summed E-state index contributed by atoms with van der Waals surface area (Å²) in [5.74, 6) is 0. The van der Waals surface area contributed by atoms with Crippen LogP contribution in [-0.4, -0.2) is 16.0 Å². The lowest BCUT2D eigenvalue weighted by Crippen LogP contribution is -2.30. The van der Waals surface area contributed by atoms with Crippen molar-refractivity contribution < 1.29 is 9.53 Å². The third-order valence-electron chi connectivity index (χ3n) is 0.754. The highest BCUT2D eigenvalue weighted by molar-refractivity contribution is 6.68. The molecule has 0 saturated heterocycles. The monoisotopic (exact) mass is 205 g/mol. The van der Waals surface area contributed by atoms with E-state index in [0.717, 1.165) is 0 Å². The molecule has 0 rings (SSSR count). The molecule has 0 bridgehead atoms. The van der Waals surface area contributed by atoms with Gasteiger partial charge in [-0.1, -0.05) is 34.8 Å². The molecular formula is C4H6Cl3NO2. The number of nitrogens with two attached hydrogens (primary N) is 1. The second-order valence-electron chi connectivity index (χ2n) is 1.62. The number of hydrogen-bond acceptors (Lipinski definition) is 2. The molecule has 1 atom stereocenters. The Hall–Kier alpha value is 0.140. The molecule has 10 heavy (non-hydrogen) atoms. The summed E-state index contributed by atoms with van der Waals surface area (Å²) in [6.07, 6.45) is -1.80. The molecule has 0 radical (unpaired) electrons. The van der Waals surface area contributed by atoms with Crippen molar-refractivity contribution >= 4 is 40.9 Å². The Balaban J connectivity index is 3.85. The summed E-state index contributed by atoms with van der Waals surface area (Å²) in [5, 5.41) is 0. The number of amides is 1. The van der Waals surface area contributed by atoms with Crippen molar-refractivity contribution in [1.82, 2.24) is 0 Å². The largest absolute Gasteiger partial charge is 0.442 e. The fourth-order valence-corrected chi connectivity index (χ4v) is 0.375. The molecule has 0 aliphatic carbocycles. The van der Waals surface area contributed by atoms with Crippen LogP contribution in [0.2, 0.25) is 0 Å². The van der Waals surface area contributed by atoms with Gasteiger partial charge in [-0.25, -0.2) is 4.79 Å². The summed E-state index contributed by atoms with van der Waals surface area (Å²) in [7, 11) is 0. The standard InChI is InChI=1S/C4H6Cl3NO2/c1-2(4(5,6)7)10-3(8)9/h2H,1H3,(H2,8,9)/t2-/m0/s1. The van der Waals surface area contributed by atoms with E-state index in [1.54, 1.807) is 0 Å². The Labute approximate surface area is 73.4 Å². The molecule has 0 heterocycles. The van der Waals surface area contributed by atoms with Crippen LogP contribution in [0, 0.1) is 0 Å². The first-order valence-corrected chi connectivity index (χ1v) is 3.50. The Morgan fingerprint density at radius 2 is 2.00 bits per heavy atom. The third kappa shape index (κ3) is 4.04. The van der Waals surface area contributed by atoms with Gasteiger partial charge in [0.15, 0.2) is 0 Å². The first-order valence-electron chi connectivity index (χ1n) is 2.37. The number of hydrogen-bond donors (Lipinski definition) is 1. The Morgan fingerprint density at radius 1 is 1.60 bits per heavy atom. The first kappa shape index (κ1) is 10.1. The molecule has 0 saturated carbocycles. The van der Waals surface area contributed by atoms with Gasteiger partial charge in [0, 0.05) is 0 Å². The summed E-state index contributed by atoms with van der Waals surface area (Å²) in [4.78, 5) is 10.1. The zero-order valence-corrected chi connectivity index (χ0v) is 7.37. The maximum atomic E-state index is 10.1. The van der Waals surface area contributed by atoms with E-state index in [1.807, 2.05) is 0 Å². The maximum absolute atomic E-state index is 10.1. The van der Waals surface area contributed by atoms with Crippen molar-refractivity contribution in [2.75, 3.05) is 0 Å². The Bertz CT molecular complexity index is 133. The minimum atomic E-state index is -1.62. The first-order chi connectivity index (χ1) is 4.34. The fourth-order valence-electron chi connectivity index (χ4n) is 0.241. The van der Waals surface area contributed by atoms with E-state index in [2.05, 4.69) is 10.5 Å². The van der Waals surface area contributed by atoms with Gasteiger partial charge in [0.05, 0.1) is 0 Å². The molecule has 0 fully saturated rings. The molecular weight excluding hydrogens is 200 g/mol. The van der Waals surface area contributed by atoms with Crippen LogP contribution in [0.25, 0.3) is 0 Å². The summed E-state index contributed by atoms with van der Waals surface area (Å²) in [6, 6.07) is 0. The quantitative estimate of drug-likeness (QED) is 0.666. The highest BCUT2D eigenvalue weighted by Gasteiger charge is 2.31. The van der Waals surface area contributed by atoms with E-state index >= 15 is 0 Å². The molecule has 0 unspecified atom stereocenters. The summed E-state index contributed by atoms with van der Waals surface area (Å²) >= 11 is 16.0. The van der Waals surface area contributed by atoms with Crippen molar-refractivity contribution in [3.63, 3.8) is 0 Å². The normalized spacial score (nSPS) is 14.4. The fraction of sp³-hybridized carbons (Fsp3) is 0.750. The SMILES string of the molecule is C[C@H](OC(N)=O)C(Cl)(Cl)Cl. The van der Waals surface area contributed by atoms with Gasteiger partial charge < -0.3 is 10.5 Å². The number of rotatable bonds is 1. The van der Waals surface area contributed by atoms with Crippen LogP contribution in [0.15, 0.2) is 0 Å². The van der Waals surface area contributed by atoms with Crippen LogP contribution in [0.1, 0.15) is 6.92 Å². The lowest BCUT2D eigenvalue weighted by Gasteiger charge is -2.18. The van der Waals surface area contributed by atoms with E-state index in [9.17, 15) is 4.79 Å². The number of primary amides is 1. The molecule has 0 aliphatic heterocycles. The average Bonchev–Trinajstić information content (AvgIpc) is 1.60. The molecule has 0 aromatic rings. The third-order valence-corrected chi connectivity index (χ3v) is 1.68. The number of ether oxygens (including phenoxy) is 1. The molecule has 0 aliphatic rings. The second kappa shape index (κ2) is 3.51.